The Morgan fingerprint density at radius 3 is 2.58 bits per heavy atom. The maximum absolute atomic E-state index is 4.76. The number of hydrogen-bond acceptors (Lipinski definition) is 6. The van der Waals surface area contributed by atoms with Crippen LogP contribution in [-0.2, 0) is 6.42 Å². The smallest absolute Gasteiger partial charge is 0.141 e. The van der Waals surface area contributed by atoms with Crippen molar-refractivity contribution in [1.29, 1.82) is 0 Å². The van der Waals surface area contributed by atoms with Crippen LogP contribution < -0.4 is 9.80 Å². The average Bonchev–Trinajstić information content (AvgIpc) is 3.05. The highest BCUT2D eigenvalue weighted by Crippen LogP contribution is 2.32. The van der Waals surface area contributed by atoms with E-state index in [4.69, 9.17) is 4.98 Å². The number of fused-ring (bicyclic) bond motifs is 1. The third-order valence-corrected chi connectivity index (χ3v) is 5.61. The quantitative estimate of drug-likeness (QED) is 0.733. The number of hydrogen-bond donors (Lipinski definition) is 0. The molecule has 1 saturated heterocycles. The monoisotopic (exact) mass is 339 g/mol. The number of pyridine rings is 1. The fraction of sp³-hybridized carbons (Fsp3) is 0.389. The van der Waals surface area contributed by atoms with E-state index in [0.717, 1.165) is 54.9 Å². The second-order valence-electron chi connectivity index (χ2n) is 6.04. The van der Waals surface area contributed by atoms with Crippen LogP contribution in [0.25, 0.3) is 10.2 Å². The van der Waals surface area contributed by atoms with E-state index in [9.17, 15) is 0 Å². The first-order valence-corrected chi connectivity index (χ1v) is 9.24. The molecule has 1 aliphatic heterocycles. The molecule has 0 radical (unpaired) electrons. The van der Waals surface area contributed by atoms with Crippen LogP contribution in [0.5, 0.6) is 0 Å². The second-order valence-corrected chi connectivity index (χ2v) is 7.16. The molecule has 0 aliphatic carbocycles. The Hall–Kier alpha value is -2.21. The van der Waals surface area contributed by atoms with E-state index in [2.05, 4.69) is 38.8 Å². The first-order valence-electron chi connectivity index (χ1n) is 8.42. The zero-order chi connectivity index (χ0) is 16.5. The molecule has 0 bridgehead atoms. The minimum absolute atomic E-state index is 0.856. The number of aromatic nitrogens is 3. The summed E-state index contributed by atoms with van der Waals surface area (Å²) in [4.78, 5) is 21.1. The average molecular weight is 339 g/mol. The van der Waals surface area contributed by atoms with Gasteiger partial charge in [-0.1, -0.05) is 13.0 Å². The Morgan fingerprint density at radius 2 is 1.88 bits per heavy atom. The lowest BCUT2D eigenvalue weighted by Gasteiger charge is -2.36. The van der Waals surface area contributed by atoms with Crippen LogP contribution >= 0.6 is 11.3 Å². The number of piperazine rings is 1. The predicted molar refractivity (Wildman–Crippen MR) is 100 cm³/mol. The van der Waals surface area contributed by atoms with Gasteiger partial charge in [-0.05, 0) is 31.5 Å². The highest BCUT2D eigenvalue weighted by molar-refractivity contribution is 7.18. The van der Waals surface area contributed by atoms with Gasteiger partial charge in [0.2, 0.25) is 0 Å². The van der Waals surface area contributed by atoms with Crippen molar-refractivity contribution in [3.05, 3.63) is 41.2 Å². The van der Waals surface area contributed by atoms with Gasteiger partial charge in [-0.15, -0.1) is 11.3 Å². The Balaban J connectivity index is 1.59. The summed E-state index contributed by atoms with van der Waals surface area (Å²) in [5, 5.41) is 1.20. The van der Waals surface area contributed by atoms with E-state index in [1.54, 1.807) is 11.3 Å². The number of rotatable bonds is 3. The van der Waals surface area contributed by atoms with Crippen molar-refractivity contribution in [2.24, 2.45) is 0 Å². The highest BCUT2D eigenvalue weighted by atomic mass is 32.1. The maximum Gasteiger partial charge on any atom is 0.141 e. The Kier molecular flexibility index (Phi) is 4.06. The zero-order valence-corrected chi connectivity index (χ0v) is 14.9. The van der Waals surface area contributed by atoms with E-state index >= 15 is 0 Å². The van der Waals surface area contributed by atoms with Gasteiger partial charge in [-0.2, -0.15) is 0 Å². The fourth-order valence-corrected chi connectivity index (χ4v) is 4.17. The molecule has 1 fully saturated rings. The summed E-state index contributed by atoms with van der Waals surface area (Å²) in [6.07, 6.45) is 2.91. The zero-order valence-electron chi connectivity index (χ0n) is 14.1. The van der Waals surface area contributed by atoms with Crippen molar-refractivity contribution in [1.82, 2.24) is 15.0 Å². The van der Waals surface area contributed by atoms with Crippen molar-refractivity contribution < 1.29 is 0 Å². The summed E-state index contributed by atoms with van der Waals surface area (Å²) >= 11 is 1.79. The lowest BCUT2D eigenvalue weighted by molar-refractivity contribution is 0.642. The third kappa shape index (κ3) is 2.82. The van der Waals surface area contributed by atoms with Crippen molar-refractivity contribution in [2.75, 3.05) is 36.0 Å². The number of thiophene rings is 1. The number of aryl methyl sites for hydroxylation is 2. The first kappa shape index (κ1) is 15.3. The summed E-state index contributed by atoms with van der Waals surface area (Å²) < 4.78 is 0. The molecule has 6 heteroatoms. The molecule has 0 spiro atoms. The molecule has 0 unspecified atom stereocenters. The van der Waals surface area contributed by atoms with Gasteiger partial charge in [-0.3, -0.25) is 0 Å². The van der Waals surface area contributed by atoms with Crippen LogP contribution in [0.4, 0.5) is 11.6 Å². The van der Waals surface area contributed by atoms with Gasteiger partial charge in [0, 0.05) is 37.3 Å². The fourth-order valence-electron chi connectivity index (χ4n) is 3.16. The van der Waals surface area contributed by atoms with Crippen molar-refractivity contribution in [3.8, 4) is 0 Å². The van der Waals surface area contributed by atoms with E-state index in [0.29, 0.717) is 0 Å². The van der Waals surface area contributed by atoms with Gasteiger partial charge in [0.15, 0.2) is 0 Å². The minimum atomic E-state index is 0.856. The van der Waals surface area contributed by atoms with Crippen LogP contribution in [0.15, 0.2) is 30.5 Å². The third-order valence-electron chi connectivity index (χ3n) is 4.44. The molecule has 1 aliphatic rings. The molecule has 0 N–H and O–H groups in total. The van der Waals surface area contributed by atoms with E-state index in [-0.39, 0.29) is 0 Å². The molecule has 24 heavy (non-hydrogen) atoms. The van der Waals surface area contributed by atoms with Crippen molar-refractivity contribution in [3.63, 3.8) is 0 Å². The molecule has 0 saturated carbocycles. The van der Waals surface area contributed by atoms with E-state index < -0.39 is 0 Å². The van der Waals surface area contributed by atoms with E-state index in [1.165, 1.54) is 10.3 Å². The van der Waals surface area contributed by atoms with Gasteiger partial charge in [-0.25, -0.2) is 15.0 Å². The summed E-state index contributed by atoms with van der Waals surface area (Å²) in [6.45, 7) is 8.02. The van der Waals surface area contributed by atoms with Crippen molar-refractivity contribution in [2.45, 2.75) is 20.3 Å². The van der Waals surface area contributed by atoms with Crippen LogP contribution in [0.2, 0.25) is 0 Å². The first-order chi connectivity index (χ1) is 11.7. The van der Waals surface area contributed by atoms with Gasteiger partial charge in [0.1, 0.15) is 22.3 Å². The van der Waals surface area contributed by atoms with Crippen LogP contribution in [-0.4, -0.2) is 41.1 Å². The molecular weight excluding hydrogens is 318 g/mol. The summed E-state index contributed by atoms with van der Waals surface area (Å²) in [7, 11) is 0. The lowest BCUT2D eigenvalue weighted by Crippen LogP contribution is -2.47. The highest BCUT2D eigenvalue weighted by Gasteiger charge is 2.22. The molecular formula is C18H21N5S. The van der Waals surface area contributed by atoms with Gasteiger partial charge < -0.3 is 9.80 Å². The van der Waals surface area contributed by atoms with Crippen molar-refractivity contribution >= 4 is 33.2 Å². The maximum atomic E-state index is 4.76. The van der Waals surface area contributed by atoms with E-state index in [1.807, 2.05) is 25.3 Å². The molecule has 4 rings (SSSR count). The predicted octanol–water partition coefficient (Wildman–Crippen LogP) is 3.28. The summed E-state index contributed by atoms with van der Waals surface area (Å²) in [5.41, 5.74) is 0. The SMILES string of the molecule is CCc1cc2c(N3CCN(c4ccccn4)CC3)nc(C)nc2s1. The molecule has 5 nitrogen and oxygen atoms in total. The minimum Gasteiger partial charge on any atom is -0.353 e. The Labute approximate surface area is 146 Å². The van der Waals surface area contributed by atoms with Gasteiger partial charge in [0.05, 0.1) is 5.39 Å². The number of nitrogens with zero attached hydrogens (tertiary/aromatic N) is 5. The van der Waals surface area contributed by atoms with Crippen LogP contribution in [0.1, 0.15) is 17.6 Å². The molecule has 0 atom stereocenters. The summed E-state index contributed by atoms with van der Waals surface area (Å²) in [5.74, 6) is 3.01. The standard InChI is InChI=1S/C18H21N5S/c1-3-14-12-15-17(20-13(2)21-18(15)24-14)23-10-8-22(9-11-23)16-6-4-5-7-19-16/h4-7,12H,3,8-11H2,1-2H3. The van der Waals surface area contributed by atoms with Gasteiger partial charge >= 0.3 is 0 Å². The van der Waals surface area contributed by atoms with Crippen LogP contribution in [0.3, 0.4) is 0 Å². The van der Waals surface area contributed by atoms with Crippen LogP contribution in [0, 0.1) is 6.92 Å². The molecule has 0 amide bonds. The van der Waals surface area contributed by atoms with Gasteiger partial charge in [0.25, 0.3) is 0 Å². The molecule has 3 aromatic heterocycles. The summed E-state index contributed by atoms with van der Waals surface area (Å²) in [6, 6.07) is 8.35. The Morgan fingerprint density at radius 1 is 1.08 bits per heavy atom. The second kappa shape index (κ2) is 6.36. The number of anilines is 2. The molecule has 0 aromatic carbocycles. The largest absolute Gasteiger partial charge is 0.353 e. The normalized spacial score (nSPS) is 15.2. The molecule has 124 valence electrons. The molecule has 3 aromatic rings. The topological polar surface area (TPSA) is 45.2 Å². The lowest BCUT2D eigenvalue weighted by atomic mass is 10.2. The molecule has 4 heterocycles. The Bertz CT molecular complexity index is 837.